The van der Waals surface area contributed by atoms with Crippen molar-refractivity contribution < 1.29 is 20.1 Å². The topological polar surface area (TPSA) is 77.8 Å². The lowest BCUT2D eigenvalue weighted by atomic mass is 10.0. The van der Waals surface area contributed by atoms with Gasteiger partial charge in [0.15, 0.2) is 0 Å². The van der Waals surface area contributed by atoms with Gasteiger partial charge in [-0.15, -0.1) is 0 Å². The van der Waals surface area contributed by atoms with Crippen molar-refractivity contribution in [1.29, 1.82) is 0 Å². The van der Waals surface area contributed by atoms with E-state index in [0.29, 0.717) is 6.29 Å². The smallest absolute Gasteiger partial charge is 0.127 e. The van der Waals surface area contributed by atoms with Crippen LogP contribution in [0.5, 0.6) is 17.2 Å². The van der Waals surface area contributed by atoms with Gasteiger partial charge in [-0.1, -0.05) is 6.92 Å². The van der Waals surface area contributed by atoms with Crippen molar-refractivity contribution in [2.24, 2.45) is 0 Å². The lowest BCUT2D eigenvalue weighted by Gasteiger charge is -2.09. The summed E-state index contributed by atoms with van der Waals surface area (Å²) >= 11 is 0. The fourth-order valence-corrected chi connectivity index (χ4v) is 1.14. The monoisotopic (exact) mass is 182 g/mol. The van der Waals surface area contributed by atoms with E-state index in [1.807, 2.05) is 0 Å². The zero-order chi connectivity index (χ0) is 10.0. The molecule has 0 spiro atoms. The number of hydrogen-bond acceptors (Lipinski definition) is 4. The molecule has 0 fully saturated rings. The summed E-state index contributed by atoms with van der Waals surface area (Å²) in [6.45, 7) is 1.54. The number of hydrogen-bond donors (Lipinski definition) is 3. The van der Waals surface area contributed by atoms with E-state index < -0.39 is 5.92 Å². The summed E-state index contributed by atoms with van der Waals surface area (Å²) in [5.41, 5.74) is 0.132. The van der Waals surface area contributed by atoms with Gasteiger partial charge in [0.25, 0.3) is 0 Å². The molecule has 0 radical (unpaired) electrons. The lowest BCUT2D eigenvalue weighted by molar-refractivity contribution is -0.108. The summed E-state index contributed by atoms with van der Waals surface area (Å²) in [6.07, 6.45) is 0.603. The highest BCUT2D eigenvalue weighted by atomic mass is 16.3. The van der Waals surface area contributed by atoms with E-state index in [1.165, 1.54) is 0 Å². The minimum atomic E-state index is -0.597. The van der Waals surface area contributed by atoms with Gasteiger partial charge in [0.2, 0.25) is 0 Å². The van der Waals surface area contributed by atoms with Crippen molar-refractivity contribution in [2.45, 2.75) is 12.8 Å². The highest BCUT2D eigenvalue weighted by Gasteiger charge is 2.15. The number of phenols is 3. The molecular weight excluding hydrogens is 172 g/mol. The predicted octanol–water partition coefficient (Wildman–Crippen LogP) is 1.11. The Morgan fingerprint density at radius 1 is 1.23 bits per heavy atom. The van der Waals surface area contributed by atoms with Crippen molar-refractivity contribution in [3.63, 3.8) is 0 Å². The molecule has 0 amide bonds. The number of carbonyl (C=O) groups is 1. The molecular formula is C9H10O4. The van der Waals surface area contributed by atoms with Crippen LogP contribution in [0.25, 0.3) is 0 Å². The van der Waals surface area contributed by atoms with Gasteiger partial charge in [-0.25, -0.2) is 0 Å². The molecule has 0 saturated carbocycles. The Morgan fingerprint density at radius 2 is 1.69 bits per heavy atom. The average Bonchev–Trinajstić information content (AvgIpc) is 2.02. The summed E-state index contributed by atoms with van der Waals surface area (Å²) in [6, 6.07) is 2.16. The van der Waals surface area contributed by atoms with Crippen molar-refractivity contribution in [3.05, 3.63) is 17.7 Å². The largest absolute Gasteiger partial charge is 0.508 e. The van der Waals surface area contributed by atoms with E-state index in [-0.39, 0.29) is 22.8 Å². The molecule has 0 aliphatic rings. The summed E-state index contributed by atoms with van der Waals surface area (Å²) in [4.78, 5) is 10.4. The van der Waals surface area contributed by atoms with Gasteiger partial charge in [-0.05, 0) is 0 Å². The van der Waals surface area contributed by atoms with Crippen molar-refractivity contribution in [3.8, 4) is 17.2 Å². The van der Waals surface area contributed by atoms with Crippen LogP contribution in [0.15, 0.2) is 12.1 Å². The normalized spacial score (nSPS) is 12.4. The predicted molar refractivity (Wildman–Crippen MR) is 45.9 cm³/mol. The molecule has 0 bridgehead atoms. The zero-order valence-corrected chi connectivity index (χ0v) is 7.06. The Morgan fingerprint density at radius 3 is 2.08 bits per heavy atom. The number of aromatic hydroxyl groups is 3. The highest BCUT2D eigenvalue weighted by molar-refractivity contribution is 5.67. The quantitative estimate of drug-likeness (QED) is 0.598. The second kappa shape index (κ2) is 3.35. The van der Waals surface area contributed by atoms with E-state index in [9.17, 15) is 15.0 Å². The summed E-state index contributed by atoms with van der Waals surface area (Å²) in [7, 11) is 0. The van der Waals surface area contributed by atoms with Crippen LogP contribution in [0.3, 0.4) is 0 Å². The Labute approximate surface area is 75.1 Å². The number of aldehydes is 1. The highest BCUT2D eigenvalue weighted by Crippen LogP contribution is 2.36. The van der Waals surface area contributed by atoms with Gasteiger partial charge in [0, 0.05) is 23.6 Å². The molecule has 3 N–H and O–H groups in total. The molecule has 13 heavy (non-hydrogen) atoms. The number of benzene rings is 1. The van der Waals surface area contributed by atoms with Gasteiger partial charge in [-0.2, -0.15) is 0 Å². The van der Waals surface area contributed by atoms with E-state index in [2.05, 4.69) is 0 Å². The Kier molecular flexibility index (Phi) is 2.41. The molecule has 1 aromatic carbocycles. The van der Waals surface area contributed by atoms with Crippen LogP contribution in [0.2, 0.25) is 0 Å². The molecule has 0 aliphatic heterocycles. The average molecular weight is 182 g/mol. The fraction of sp³-hybridized carbons (Fsp3) is 0.222. The number of rotatable bonds is 2. The first-order valence-corrected chi connectivity index (χ1v) is 3.76. The standard InChI is InChI=1S/C9H10O4/c1-5(4-10)9-7(12)2-6(11)3-8(9)13/h2-5,11-13H,1H3. The first-order valence-electron chi connectivity index (χ1n) is 3.76. The maximum atomic E-state index is 10.4. The van der Waals surface area contributed by atoms with E-state index in [4.69, 9.17) is 5.11 Å². The van der Waals surface area contributed by atoms with Crippen LogP contribution < -0.4 is 0 Å². The summed E-state index contributed by atoms with van der Waals surface area (Å²) < 4.78 is 0. The van der Waals surface area contributed by atoms with Gasteiger partial charge in [0.1, 0.15) is 23.5 Å². The van der Waals surface area contributed by atoms with Crippen molar-refractivity contribution >= 4 is 6.29 Å². The minimum Gasteiger partial charge on any atom is -0.508 e. The van der Waals surface area contributed by atoms with Gasteiger partial charge >= 0.3 is 0 Å². The molecule has 4 nitrogen and oxygen atoms in total. The third-order valence-corrected chi connectivity index (χ3v) is 1.78. The molecule has 70 valence electrons. The second-order valence-corrected chi connectivity index (χ2v) is 2.82. The van der Waals surface area contributed by atoms with Gasteiger partial charge in [0.05, 0.1) is 0 Å². The SMILES string of the molecule is CC(C=O)c1c(O)cc(O)cc1O. The molecule has 0 saturated heterocycles. The molecule has 1 unspecified atom stereocenters. The number of carbonyl (C=O) groups excluding carboxylic acids is 1. The zero-order valence-electron chi connectivity index (χ0n) is 7.06. The maximum Gasteiger partial charge on any atom is 0.127 e. The Hall–Kier alpha value is -1.71. The van der Waals surface area contributed by atoms with E-state index in [0.717, 1.165) is 12.1 Å². The molecule has 4 heteroatoms. The molecule has 1 aromatic rings. The minimum absolute atomic E-state index is 0.132. The third-order valence-electron chi connectivity index (χ3n) is 1.78. The maximum absolute atomic E-state index is 10.4. The van der Waals surface area contributed by atoms with E-state index >= 15 is 0 Å². The second-order valence-electron chi connectivity index (χ2n) is 2.82. The number of phenolic OH excluding ortho intramolecular Hbond substituents is 3. The van der Waals surface area contributed by atoms with Gasteiger partial charge in [-0.3, -0.25) is 0 Å². The van der Waals surface area contributed by atoms with Crippen LogP contribution >= 0.6 is 0 Å². The molecule has 0 heterocycles. The first kappa shape index (κ1) is 9.38. The first-order chi connectivity index (χ1) is 6.06. The van der Waals surface area contributed by atoms with E-state index in [1.54, 1.807) is 6.92 Å². The van der Waals surface area contributed by atoms with Crippen LogP contribution in [0, 0.1) is 0 Å². The lowest BCUT2D eigenvalue weighted by Crippen LogP contribution is -1.95. The molecule has 0 aromatic heterocycles. The summed E-state index contributed by atoms with van der Waals surface area (Å²) in [5.74, 6) is -1.40. The van der Waals surface area contributed by atoms with Crippen LogP contribution in [0.1, 0.15) is 18.4 Å². The van der Waals surface area contributed by atoms with Crippen LogP contribution in [-0.2, 0) is 4.79 Å². The van der Waals surface area contributed by atoms with Crippen molar-refractivity contribution in [2.75, 3.05) is 0 Å². The Balaban J connectivity index is 3.28. The van der Waals surface area contributed by atoms with Crippen LogP contribution in [-0.4, -0.2) is 21.6 Å². The molecule has 0 aliphatic carbocycles. The van der Waals surface area contributed by atoms with Crippen molar-refractivity contribution in [1.82, 2.24) is 0 Å². The molecule has 1 rings (SSSR count). The Bertz CT molecular complexity index is 309. The fourth-order valence-electron chi connectivity index (χ4n) is 1.14. The van der Waals surface area contributed by atoms with Gasteiger partial charge < -0.3 is 20.1 Å². The van der Waals surface area contributed by atoms with Crippen LogP contribution in [0.4, 0.5) is 0 Å². The third kappa shape index (κ3) is 1.72. The summed E-state index contributed by atoms with van der Waals surface area (Å²) in [5, 5.41) is 27.6. The molecule has 1 atom stereocenters.